The summed E-state index contributed by atoms with van der Waals surface area (Å²) < 4.78 is 14.4. The number of hydrogen-bond donors (Lipinski definition) is 2. The second kappa shape index (κ2) is 6.19. The molecule has 1 amide bonds. The van der Waals surface area contributed by atoms with Crippen LogP contribution in [0, 0.1) is 5.82 Å². The van der Waals surface area contributed by atoms with Gasteiger partial charge in [0.25, 0.3) is 0 Å². The number of carbonyl (C=O) groups excluding carboxylic acids is 1. The topological polar surface area (TPSA) is 97.1 Å². The fourth-order valence-electron chi connectivity index (χ4n) is 1.46. The molecule has 0 saturated carbocycles. The zero-order chi connectivity index (χ0) is 15.6. The van der Waals surface area contributed by atoms with E-state index in [2.05, 4.69) is 31.6 Å². The lowest BCUT2D eigenvalue weighted by atomic mass is 10.3. The Balaban J connectivity index is 2.10. The molecule has 0 aliphatic carbocycles. The van der Waals surface area contributed by atoms with E-state index in [1.54, 1.807) is 0 Å². The summed E-state index contributed by atoms with van der Waals surface area (Å²) in [5.74, 6) is -2.32. The van der Waals surface area contributed by atoms with Crippen molar-refractivity contribution in [2.24, 2.45) is 0 Å². The average molecular weight is 378 g/mol. The van der Waals surface area contributed by atoms with Crippen molar-refractivity contribution < 1.29 is 19.1 Å². The molecule has 1 aromatic carbocycles. The molecule has 2 aromatic rings. The van der Waals surface area contributed by atoms with Crippen LogP contribution in [-0.2, 0) is 11.3 Å². The van der Waals surface area contributed by atoms with Gasteiger partial charge in [0.2, 0.25) is 5.91 Å². The molecule has 110 valence electrons. The highest BCUT2D eigenvalue weighted by atomic mass is 79.9. The Morgan fingerprint density at radius 2 is 2.19 bits per heavy atom. The highest BCUT2D eigenvalue weighted by molar-refractivity contribution is 9.10. The first-order valence-corrected chi connectivity index (χ1v) is 6.61. The SMILES string of the molecule is O=C(Cn1cc(C(=O)O)nn1)Nc1c(Cl)cc(F)cc1Br. The molecule has 1 aromatic heterocycles. The number of nitrogens with one attached hydrogen (secondary N) is 1. The molecule has 0 radical (unpaired) electrons. The second-order valence-electron chi connectivity index (χ2n) is 3.90. The molecule has 21 heavy (non-hydrogen) atoms. The Hall–Kier alpha value is -2.00. The van der Waals surface area contributed by atoms with Gasteiger partial charge in [0.15, 0.2) is 5.69 Å². The number of aromatic carboxylic acids is 1. The fraction of sp³-hybridized carbons (Fsp3) is 0.0909. The predicted octanol–water partition coefficient (Wildman–Crippen LogP) is 2.17. The summed E-state index contributed by atoms with van der Waals surface area (Å²) in [4.78, 5) is 22.5. The maximum atomic E-state index is 13.1. The molecule has 2 rings (SSSR count). The lowest BCUT2D eigenvalue weighted by Gasteiger charge is -2.09. The van der Waals surface area contributed by atoms with Gasteiger partial charge in [0.05, 0.1) is 16.9 Å². The number of amides is 1. The Bertz CT molecular complexity index is 698. The van der Waals surface area contributed by atoms with Crippen LogP contribution in [0.1, 0.15) is 10.5 Å². The standard InChI is InChI=1S/C11H7BrClFN4O3/c12-6-1-5(14)2-7(13)10(6)15-9(19)4-18-3-8(11(20)21)16-17-18/h1-3H,4H2,(H,15,19)(H,20,21). The third-order valence-electron chi connectivity index (χ3n) is 2.33. The molecule has 2 N–H and O–H groups in total. The molecule has 0 aliphatic rings. The van der Waals surface area contributed by atoms with Crippen LogP contribution in [0.25, 0.3) is 0 Å². The monoisotopic (exact) mass is 376 g/mol. The van der Waals surface area contributed by atoms with Crippen LogP contribution in [0.4, 0.5) is 10.1 Å². The Morgan fingerprint density at radius 3 is 2.76 bits per heavy atom. The Kier molecular flexibility index (Phi) is 4.53. The molecule has 0 unspecified atom stereocenters. The van der Waals surface area contributed by atoms with Crippen molar-refractivity contribution in [1.82, 2.24) is 15.0 Å². The summed E-state index contributed by atoms with van der Waals surface area (Å²) in [5, 5.41) is 18.1. The third kappa shape index (κ3) is 3.76. The van der Waals surface area contributed by atoms with Crippen molar-refractivity contribution in [3.63, 3.8) is 0 Å². The smallest absolute Gasteiger partial charge is 0.358 e. The Labute approximate surface area is 130 Å². The van der Waals surface area contributed by atoms with Gasteiger partial charge in [0, 0.05) is 4.47 Å². The summed E-state index contributed by atoms with van der Waals surface area (Å²) in [6, 6.07) is 2.21. The number of nitrogens with zero attached hydrogens (tertiary/aromatic N) is 3. The van der Waals surface area contributed by atoms with Crippen LogP contribution in [0.15, 0.2) is 22.8 Å². The number of rotatable bonds is 4. The van der Waals surface area contributed by atoms with Gasteiger partial charge in [-0.05, 0) is 28.1 Å². The maximum Gasteiger partial charge on any atom is 0.358 e. The van der Waals surface area contributed by atoms with Crippen molar-refractivity contribution in [1.29, 1.82) is 0 Å². The van der Waals surface area contributed by atoms with E-state index >= 15 is 0 Å². The third-order valence-corrected chi connectivity index (χ3v) is 3.26. The van der Waals surface area contributed by atoms with Gasteiger partial charge in [-0.15, -0.1) is 5.10 Å². The molecule has 0 fully saturated rings. The van der Waals surface area contributed by atoms with Gasteiger partial charge < -0.3 is 10.4 Å². The van der Waals surface area contributed by atoms with Gasteiger partial charge in [-0.3, -0.25) is 4.79 Å². The normalized spacial score (nSPS) is 10.4. The summed E-state index contributed by atoms with van der Waals surface area (Å²) in [6.07, 6.45) is 1.11. The average Bonchev–Trinajstić information content (AvgIpc) is 2.82. The van der Waals surface area contributed by atoms with Gasteiger partial charge in [-0.2, -0.15) is 0 Å². The van der Waals surface area contributed by atoms with Crippen molar-refractivity contribution in [3.05, 3.63) is 39.3 Å². The van der Waals surface area contributed by atoms with Crippen molar-refractivity contribution >= 4 is 45.1 Å². The number of carboxylic acids is 1. The van der Waals surface area contributed by atoms with Gasteiger partial charge >= 0.3 is 5.97 Å². The maximum absolute atomic E-state index is 13.1. The predicted molar refractivity (Wildman–Crippen MR) is 74.7 cm³/mol. The number of carboxylic acid groups (broad SMARTS) is 1. The van der Waals surface area contributed by atoms with E-state index in [0.29, 0.717) is 0 Å². The largest absolute Gasteiger partial charge is 0.476 e. The number of hydrogen-bond acceptors (Lipinski definition) is 4. The first-order chi connectivity index (χ1) is 9.86. The molecule has 7 nitrogen and oxygen atoms in total. The van der Waals surface area contributed by atoms with E-state index in [0.717, 1.165) is 23.0 Å². The van der Waals surface area contributed by atoms with Crippen molar-refractivity contribution in [2.45, 2.75) is 6.54 Å². The molecule has 0 aliphatic heterocycles. The van der Waals surface area contributed by atoms with E-state index < -0.39 is 17.7 Å². The number of carbonyl (C=O) groups is 2. The molecule has 0 saturated heterocycles. The molecular formula is C11H7BrClFN4O3. The zero-order valence-corrected chi connectivity index (χ0v) is 12.5. The minimum atomic E-state index is -1.24. The van der Waals surface area contributed by atoms with Crippen molar-refractivity contribution in [3.8, 4) is 0 Å². The Morgan fingerprint density at radius 1 is 1.48 bits per heavy atom. The first-order valence-electron chi connectivity index (χ1n) is 5.44. The van der Waals surface area contributed by atoms with Gasteiger partial charge in [-0.1, -0.05) is 16.8 Å². The summed E-state index contributed by atoms with van der Waals surface area (Å²) in [6.45, 7) is -0.263. The summed E-state index contributed by atoms with van der Waals surface area (Å²) >= 11 is 8.91. The molecular weight excluding hydrogens is 371 g/mol. The van der Waals surface area contributed by atoms with Crippen LogP contribution < -0.4 is 5.32 Å². The van der Waals surface area contributed by atoms with Gasteiger partial charge in [-0.25, -0.2) is 13.9 Å². The van der Waals surface area contributed by atoms with Crippen LogP contribution in [0.3, 0.4) is 0 Å². The van der Waals surface area contributed by atoms with Gasteiger partial charge in [0.1, 0.15) is 12.4 Å². The van der Waals surface area contributed by atoms with Crippen LogP contribution >= 0.6 is 27.5 Å². The van der Waals surface area contributed by atoms with E-state index in [1.165, 1.54) is 0 Å². The molecule has 10 heteroatoms. The molecule has 0 bridgehead atoms. The highest BCUT2D eigenvalue weighted by Crippen LogP contribution is 2.31. The van der Waals surface area contributed by atoms with Crippen molar-refractivity contribution in [2.75, 3.05) is 5.32 Å². The van der Waals surface area contributed by atoms with Crippen LogP contribution in [-0.4, -0.2) is 32.0 Å². The first kappa shape index (κ1) is 15.4. The lowest BCUT2D eigenvalue weighted by Crippen LogP contribution is -2.19. The highest BCUT2D eigenvalue weighted by Gasteiger charge is 2.14. The van der Waals surface area contributed by atoms with Crippen LogP contribution in [0.5, 0.6) is 0 Å². The summed E-state index contributed by atoms with van der Waals surface area (Å²) in [5.41, 5.74) is -0.0644. The number of benzene rings is 1. The molecule has 1 heterocycles. The van der Waals surface area contributed by atoms with E-state index in [9.17, 15) is 14.0 Å². The van der Waals surface area contributed by atoms with E-state index in [-0.39, 0.29) is 27.4 Å². The number of halogens is 3. The number of aromatic nitrogens is 3. The van der Waals surface area contributed by atoms with E-state index in [4.69, 9.17) is 16.7 Å². The van der Waals surface area contributed by atoms with E-state index in [1.807, 2.05) is 0 Å². The molecule has 0 spiro atoms. The second-order valence-corrected chi connectivity index (χ2v) is 5.16. The summed E-state index contributed by atoms with van der Waals surface area (Å²) in [7, 11) is 0. The minimum absolute atomic E-state index is 0.0278. The minimum Gasteiger partial charge on any atom is -0.476 e. The quantitative estimate of drug-likeness (QED) is 0.851. The lowest BCUT2D eigenvalue weighted by molar-refractivity contribution is -0.116. The number of anilines is 1. The molecule has 0 atom stereocenters. The van der Waals surface area contributed by atoms with Crippen LogP contribution in [0.2, 0.25) is 5.02 Å². The fourth-order valence-corrected chi connectivity index (χ4v) is 2.36. The zero-order valence-electron chi connectivity index (χ0n) is 10.2.